The third-order valence-corrected chi connectivity index (χ3v) is 4.55. The van der Waals surface area contributed by atoms with Crippen molar-refractivity contribution in [1.82, 2.24) is 4.90 Å². The van der Waals surface area contributed by atoms with E-state index < -0.39 is 11.7 Å². The number of carbonyl (C=O) groups excluding carboxylic acids is 1. The van der Waals surface area contributed by atoms with Crippen molar-refractivity contribution in [2.24, 2.45) is 0 Å². The van der Waals surface area contributed by atoms with Gasteiger partial charge in [0, 0.05) is 12.1 Å². The van der Waals surface area contributed by atoms with Crippen LogP contribution in [0.25, 0.3) is 6.08 Å². The van der Waals surface area contributed by atoms with Crippen LogP contribution in [0.1, 0.15) is 16.7 Å². The Bertz CT molecular complexity index is 806. The topological polar surface area (TPSA) is 37.7 Å². The number of alkyl halides is 3. The number of hydrogen-bond donors (Lipinski definition) is 0. The van der Waals surface area contributed by atoms with Gasteiger partial charge >= 0.3 is 6.18 Å². The monoisotopic (exact) mass is 376 g/mol. The number of aromatic amines is 1. The average molecular weight is 376 g/mol. The Balaban J connectivity index is 1.55. The Morgan fingerprint density at radius 1 is 1.04 bits per heavy atom. The maximum Gasteiger partial charge on any atom is 0.419 e. The molecule has 1 aromatic heterocycles. The molecule has 4 nitrogen and oxygen atoms in total. The van der Waals surface area contributed by atoms with Crippen LogP contribution in [0.5, 0.6) is 0 Å². The summed E-state index contributed by atoms with van der Waals surface area (Å²) in [6.45, 7) is 4.17. The number of nitrogens with zero attached hydrogens (tertiary/aromatic N) is 2. The quantitative estimate of drug-likeness (QED) is 0.772. The lowest BCUT2D eigenvalue weighted by atomic mass is 10.1. The molecular formula is C20H21F3N3O+. The van der Waals surface area contributed by atoms with Gasteiger partial charge in [0.05, 0.1) is 18.7 Å². The van der Waals surface area contributed by atoms with Gasteiger partial charge in [-0.3, -0.25) is 9.69 Å². The van der Waals surface area contributed by atoms with E-state index in [0.29, 0.717) is 32.0 Å². The van der Waals surface area contributed by atoms with Crippen LogP contribution in [0.4, 0.5) is 19.0 Å². The Hall–Kier alpha value is -2.83. The molecule has 1 fully saturated rings. The largest absolute Gasteiger partial charge is 0.419 e. The molecule has 0 saturated carbocycles. The van der Waals surface area contributed by atoms with E-state index >= 15 is 0 Å². The van der Waals surface area contributed by atoms with Crippen LogP contribution in [0.3, 0.4) is 0 Å². The Kier molecular flexibility index (Phi) is 5.48. The number of carbonyl (C=O) groups is 1. The summed E-state index contributed by atoms with van der Waals surface area (Å²) in [5.74, 6) is 0.553. The second-order valence-corrected chi connectivity index (χ2v) is 6.52. The van der Waals surface area contributed by atoms with Gasteiger partial charge in [-0.25, -0.2) is 4.98 Å². The van der Waals surface area contributed by atoms with Crippen molar-refractivity contribution in [2.75, 3.05) is 31.1 Å². The van der Waals surface area contributed by atoms with Crippen LogP contribution in [0.2, 0.25) is 0 Å². The van der Waals surface area contributed by atoms with Gasteiger partial charge in [-0.15, -0.1) is 0 Å². The lowest BCUT2D eigenvalue weighted by Gasteiger charge is -2.30. The number of anilines is 1. The SMILES string of the molecule is Cc1ccc(/C=C/C(=O)N2CCN(c3ccc(C(F)(F)F)c[nH+]3)CC2)cc1. The predicted octanol–water partition coefficient (Wildman–Crippen LogP) is 3.19. The third-order valence-electron chi connectivity index (χ3n) is 4.55. The number of aryl methyl sites for hydroxylation is 1. The third kappa shape index (κ3) is 4.87. The second-order valence-electron chi connectivity index (χ2n) is 6.52. The van der Waals surface area contributed by atoms with E-state index in [-0.39, 0.29) is 5.91 Å². The average Bonchev–Trinajstić information content (AvgIpc) is 2.67. The van der Waals surface area contributed by atoms with Gasteiger partial charge in [-0.1, -0.05) is 29.8 Å². The number of pyridine rings is 1. The minimum atomic E-state index is -4.36. The molecule has 2 aromatic rings. The fourth-order valence-electron chi connectivity index (χ4n) is 2.91. The van der Waals surface area contributed by atoms with E-state index in [1.807, 2.05) is 36.1 Å². The highest BCUT2D eigenvalue weighted by atomic mass is 19.4. The molecule has 1 N–H and O–H groups in total. The molecular weight excluding hydrogens is 355 g/mol. The second kappa shape index (κ2) is 7.82. The van der Waals surface area contributed by atoms with Gasteiger partial charge in [0.25, 0.3) is 5.82 Å². The van der Waals surface area contributed by atoms with Crippen molar-refractivity contribution in [2.45, 2.75) is 13.1 Å². The highest BCUT2D eigenvalue weighted by Gasteiger charge is 2.32. The lowest BCUT2D eigenvalue weighted by molar-refractivity contribution is -0.367. The number of piperazine rings is 1. The lowest BCUT2D eigenvalue weighted by Crippen LogP contribution is -2.49. The van der Waals surface area contributed by atoms with Gasteiger partial charge in [0.1, 0.15) is 19.3 Å². The summed E-state index contributed by atoms with van der Waals surface area (Å²) in [5.41, 5.74) is 1.42. The first-order valence-electron chi connectivity index (χ1n) is 8.70. The van der Waals surface area contributed by atoms with Gasteiger partial charge in [-0.05, 0) is 24.6 Å². The fourth-order valence-corrected chi connectivity index (χ4v) is 2.91. The number of nitrogens with one attached hydrogen (secondary N) is 1. The number of H-pyrrole nitrogens is 1. The Morgan fingerprint density at radius 2 is 1.70 bits per heavy atom. The summed E-state index contributed by atoms with van der Waals surface area (Å²) < 4.78 is 37.9. The zero-order valence-electron chi connectivity index (χ0n) is 15.0. The van der Waals surface area contributed by atoms with E-state index in [0.717, 1.165) is 23.4 Å². The molecule has 1 aliphatic heterocycles. The highest BCUT2D eigenvalue weighted by Crippen LogP contribution is 2.28. The molecule has 1 aromatic carbocycles. The van der Waals surface area contributed by atoms with Gasteiger partial charge < -0.3 is 4.90 Å². The van der Waals surface area contributed by atoms with Gasteiger partial charge in [0.15, 0.2) is 0 Å². The van der Waals surface area contributed by atoms with Gasteiger partial charge in [0.2, 0.25) is 5.91 Å². The standard InChI is InChI=1S/C20H20F3N3O/c1-15-2-4-16(5-3-15)6-9-19(27)26-12-10-25(11-13-26)18-8-7-17(14-24-18)20(21,22)23/h2-9,14H,10-13H2,1H3/p+1/b9-6+. The molecule has 0 bridgehead atoms. The molecule has 1 amide bonds. The summed E-state index contributed by atoms with van der Waals surface area (Å²) >= 11 is 0. The molecule has 7 heteroatoms. The Labute approximate surface area is 155 Å². The summed E-state index contributed by atoms with van der Waals surface area (Å²) in [5, 5.41) is 0. The number of hydrogen-bond acceptors (Lipinski definition) is 2. The molecule has 27 heavy (non-hydrogen) atoms. The highest BCUT2D eigenvalue weighted by molar-refractivity contribution is 5.91. The zero-order chi connectivity index (χ0) is 19.4. The summed E-state index contributed by atoms with van der Waals surface area (Å²) in [6.07, 6.45) is -0.0382. The maximum atomic E-state index is 12.6. The van der Waals surface area contributed by atoms with Crippen LogP contribution in [0, 0.1) is 6.92 Å². The van der Waals surface area contributed by atoms with E-state index in [1.54, 1.807) is 17.1 Å². The molecule has 0 unspecified atom stereocenters. The number of benzene rings is 1. The predicted molar refractivity (Wildman–Crippen MR) is 97.0 cm³/mol. The van der Waals surface area contributed by atoms with E-state index in [9.17, 15) is 18.0 Å². The first kappa shape index (κ1) is 18.9. The number of halogens is 3. The van der Waals surface area contributed by atoms with Crippen molar-refractivity contribution in [3.8, 4) is 0 Å². The van der Waals surface area contributed by atoms with Gasteiger partial charge in [-0.2, -0.15) is 13.2 Å². The molecule has 0 radical (unpaired) electrons. The number of amides is 1. The molecule has 1 saturated heterocycles. The maximum absolute atomic E-state index is 12.6. The zero-order valence-corrected chi connectivity index (χ0v) is 15.0. The smallest absolute Gasteiger partial charge is 0.331 e. The van der Waals surface area contributed by atoms with E-state index in [2.05, 4.69) is 4.98 Å². The Morgan fingerprint density at radius 3 is 2.26 bits per heavy atom. The normalized spacial score (nSPS) is 15.4. The van der Waals surface area contributed by atoms with Crippen LogP contribution in [-0.4, -0.2) is 37.0 Å². The molecule has 2 heterocycles. The number of aromatic nitrogens is 1. The van der Waals surface area contributed by atoms with Crippen LogP contribution >= 0.6 is 0 Å². The van der Waals surface area contributed by atoms with Crippen molar-refractivity contribution in [3.63, 3.8) is 0 Å². The molecule has 0 atom stereocenters. The summed E-state index contributed by atoms with van der Waals surface area (Å²) in [7, 11) is 0. The minimum absolute atomic E-state index is 0.0633. The summed E-state index contributed by atoms with van der Waals surface area (Å²) in [6, 6.07) is 10.4. The fraction of sp³-hybridized carbons (Fsp3) is 0.300. The minimum Gasteiger partial charge on any atom is -0.331 e. The first-order chi connectivity index (χ1) is 12.8. The molecule has 3 rings (SSSR count). The van der Waals surface area contributed by atoms with E-state index in [4.69, 9.17) is 0 Å². The number of rotatable bonds is 3. The molecule has 0 spiro atoms. The van der Waals surface area contributed by atoms with Crippen molar-refractivity contribution >= 4 is 17.8 Å². The summed E-state index contributed by atoms with van der Waals surface area (Å²) in [4.78, 5) is 18.7. The molecule has 1 aliphatic rings. The van der Waals surface area contributed by atoms with Crippen molar-refractivity contribution in [3.05, 3.63) is 65.4 Å². The first-order valence-corrected chi connectivity index (χ1v) is 8.70. The molecule has 142 valence electrons. The van der Waals surface area contributed by atoms with Crippen molar-refractivity contribution in [1.29, 1.82) is 0 Å². The van der Waals surface area contributed by atoms with Crippen LogP contribution in [0.15, 0.2) is 48.7 Å². The van der Waals surface area contributed by atoms with E-state index in [1.165, 1.54) is 6.07 Å². The molecule has 0 aliphatic carbocycles. The van der Waals surface area contributed by atoms with Crippen LogP contribution in [-0.2, 0) is 11.0 Å². The van der Waals surface area contributed by atoms with Crippen LogP contribution < -0.4 is 9.88 Å². The van der Waals surface area contributed by atoms with Crippen molar-refractivity contribution < 1.29 is 22.9 Å².